The molecule has 2 nitrogen and oxygen atoms in total. The lowest BCUT2D eigenvalue weighted by molar-refractivity contribution is 0.501. The van der Waals surface area contributed by atoms with Gasteiger partial charge < -0.3 is 5.32 Å². The van der Waals surface area contributed by atoms with Gasteiger partial charge in [0.15, 0.2) is 0 Å². The number of hydrogen-bond donors (Lipinski definition) is 1. The predicted molar refractivity (Wildman–Crippen MR) is 97.6 cm³/mol. The van der Waals surface area contributed by atoms with Gasteiger partial charge in [0.2, 0.25) is 0 Å². The number of benzene rings is 2. The number of aryl methyl sites for hydroxylation is 2. The first kappa shape index (κ1) is 15.9. The summed E-state index contributed by atoms with van der Waals surface area (Å²) < 4.78 is 0. The maximum atomic E-state index is 4.34. The molecule has 0 aliphatic rings. The van der Waals surface area contributed by atoms with Gasteiger partial charge in [-0.2, -0.15) is 0 Å². The van der Waals surface area contributed by atoms with Crippen LogP contribution in [0.2, 0.25) is 0 Å². The van der Waals surface area contributed by atoms with Gasteiger partial charge in [-0.1, -0.05) is 60.7 Å². The molecule has 0 fully saturated rings. The lowest BCUT2D eigenvalue weighted by Crippen LogP contribution is -2.21. The number of thiazole rings is 1. The fraction of sp³-hybridized carbons (Fsp3) is 0.250. The van der Waals surface area contributed by atoms with Crippen LogP contribution in [0.15, 0.2) is 66.9 Å². The van der Waals surface area contributed by atoms with Crippen molar-refractivity contribution in [3.8, 4) is 0 Å². The largest absolute Gasteiger partial charge is 0.305 e. The third kappa shape index (κ3) is 4.75. The SMILES string of the molecule is Cc1ncc(CNC(CCc2ccccc2)c2ccccc2)s1. The summed E-state index contributed by atoms with van der Waals surface area (Å²) >= 11 is 1.77. The van der Waals surface area contributed by atoms with E-state index in [1.165, 1.54) is 16.0 Å². The topological polar surface area (TPSA) is 24.9 Å². The van der Waals surface area contributed by atoms with Crippen LogP contribution in [-0.4, -0.2) is 4.98 Å². The maximum Gasteiger partial charge on any atom is 0.0897 e. The van der Waals surface area contributed by atoms with E-state index in [0.717, 1.165) is 24.4 Å². The van der Waals surface area contributed by atoms with E-state index in [1.54, 1.807) is 11.3 Å². The highest BCUT2D eigenvalue weighted by atomic mass is 32.1. The van der Waals surface area contributed by atoms with Crippen molar-refractivity contribution in [1.82, 2.24) is 10.3 Å². The molecule has 1 N–H and O–H groups in total. The molecule has 3 aromatic rings. The Labute approximate surface area is 142 Å². The Kier molecular flexibility index (Phi) is 5.56. The van der Waals surface area contributed by atoms with Crippen LogP contribution in [0, 0.1) is 6.92 Å². The predicted octanol–water partition coefficient (Wildman–Crippen LogP) is 4.92. The van der Waals surface area contributed by atoms with Crippen molar-refractivity contribution >= 4 is 11.3 Å². The maximum absolute atomic E-state index is 4.34. The molecule has 0 aliphatic carbocycles. The molecule has 0 amide bonds. The number of rotatable bonds is 7. The highest BCUT2D eigenvalue weighted by molar-refractivity contribution is 7.11. The van der Waals surface area contributed by atoms with E-state index in [-0.39, 0.29) is 0 Å². The monoisotopic (exact) mass is 322 g/mol. The van der Waals surface area contributed by atoms with Crippen molar-refractivity contribution in [2.24, 2.45) is 0 Å². The average Bonchev–Trinajstić information content (AvgIpc) is 3.02. The first-order chi connectivity index (χ1) is 11.3. The second kappa shape index (κ2) is 8.04. The van der Waals surface area contributed by atoms with Crippen LogP contribution in [0.5, 0.6) is 0 Å². The standard InChI is InChI=1S/C20H22N2S/c1-16-21-14-19(23-16)15-22-20(18-10-6-3-7-11-18)13-12-17-8-4-2-5-9-17/h2-11,14,20,22H,12-13,15H2,1H3. The van der Waals surface area contributed by atoms with E-state index in [0.29, 0.717) is 6.04 Å². The van der Waals surface area contributed by atoms with Gasteiger partial charge in [-0.05, 0) is 30.9 Å². The molecule has 1 heterocycles. The molecule has 0 saturated carbocycles. The van der Waals surface area contributed by atoms with Crippen molar-refractivity contribution in [2.75, 3.05) is 0 Å². The molecule has 1 atom stereocenters. The minimum Gasteiger partial charge on any atom is -0.305 e. The van der Waals surface area contributed by atoms with Crippen LogP contribution in [0.25, 0.3) is 0 Å². The fourth-order valence-corrected chi connectivity index (χ4v) is 3.48. The van der Waals surface area contributed by atoms with E-state index >= 15 is 0 Å². The van der Waals surface area contributed by atoms with Crippen molar-refractivity contribution in [2.45, 2.75) is 32.4 Å². The molecule has 0 saturated heterocycles. The fourth-order valence-electron chi connectivity index (χ4n) is 2.74. The Morgan fingerprint density at radius 1 is 1.00 bits per heavy atom. The first-order valence-electron chi connectivity index (χ1n) is 8.05. The number of nitrogens with one attached hydrogen (secondary N) is 1. The Balaban J connectivity index is 1.66. The molecule has 0 bridgehead atoms. The molecular weight excluding hydrogens is 300 g/mol. The number of aromatic nitrogens is 1. The van der Waals surface area contributed by atoms with E-state index in [9.17, 15) is 0 Å². The van der Waals surface area contributed by atoms with Crippen molar-refractivity contribution in [3.05, 3.63) is 87.9 Å². The highest BCUT2D eigenvalue weighted by Gasteiger charge is 2.11. The van der Waals surface area contributed by atoms with E-state index in [1.807, 2.05) is 6.20 Å². The quantitative estimate of drug-likeness (QED) is 0.668. The van der Waals surface area contributed by atoms with Gasteiger partial charge in [-0.3, -0.25) is 0 Å². The van der Waals surface area contributed by atoms with Gasteiger partial charge in [0, 0.05) is 23.7 Å². The van der Waals surface area contributed by atoms with Crippen LogP contribution in [0.1, 0.15) is 33.5 Å². The van der Waals surface area contributed by atoms with E-state index in [2.05, 4.69) is 77.9 Å². The van der Waals surface area contributed by atoms with Crippen molar-refractivity contribution < 1.29 is 0 Å². The van der Waals surface area contributed by atoms with Crippen LogP contribution < -0.4 is 5.32 Å². The molecular formula is C20H22N2S. The van der Waals surface area contributed by atoms with Crippen LogP contribution in [-0.2, 0) is 13.0 Å². The zero-order valence-electron chi connectivity index (χ0n) is 13.4. The van der Waals surface area contributed by atoms with Gasteiger partial charge in [-0.25, -0.2) is 4.98 Å². The first-order valence-corrected chi connectivity index (χ1v) is 8.86. The Bertz CT molecular complexity index is 707. The van der Waals surface area contributed by atoms with E-state index < -0.39 is 0 Å². The molecule has 0 radical (unpaired) electrons. The van der Waals surface area contributed by atoms with Crippen LogP contribution >= 0.6 is 11.3 Å². The Morgan fingerprint density at radius 2 is 1.70 bits per heavy atom. The minimum atomic E-state index is 0.360. The second-order valence-corrected chi connectivity index (χ2v) is 7.03. The summed E-state index contributed by atoms with van der Waals surface area (Å²) in [5.41, 5.74) is 2.74. The molecule has 1 unspecified atom stereocenters. The second-order valence-electron chi connectivity index (χ2n) is 5.71. The summed E-state index contributed by atoms with van der Waals surface area (Å²) in [5.74, 6) is 0. The normalized spacial score (nSPS) is 12.2. The molecule has 23 heavy (non-hydrogen) atoms. The van der Waals surface area contributed by atoms with Crippen molar-refractivity contribution in [3.63, 3.8) is 0 Å². The lowest BCUT2D eigenvalue weighted by Gasteiger charge is -2.19. The molecule has 1 aromatic heterocycles. The van der Waals surface area contributed by atoms with Gasteiger partial charge >= 0.3 is 0 Å². The lowest BCUT2D eigenvalue weighted by atomic mass is 9.99. The Morgan fingerprint density at radius 3 is 2.35 bits per heavy atom. The summed E-state index contributed by atoms with van der Waals surface area (Å²) in [6, 6.07) is 21.8. The summed E-state index contributed by atoms with van der Waals surface area (Å²) in [6.45, 7) is 2.93. The van der Waals surface area contributed by atoms with Gasteiger partial charge in [0.05, 0.1) is 5.01 Å². The van der Waals surface area contributed by atoms with Crippen molar-refractivity contribution in [1.29, 1.82) is 0 Å². The number of nitrogens with zero attached hydrogens (tertiary/aromatic N) is 1. The molecule has 0 aliphatic heterocycles. The molecule has 2 aromatic carbocycles. The molecule has 118 valence electrons. The van der Waals surface area contributed by atoms with Crippen LogP contribution in [0.3, 0.4) is 0 Å². The summed E-state index contributed by atoms with van der Waals surface area (Å²) in [6.07, 6.45) is 4.15. The molecule has 3 heteroatoms. The minimum absolute atomic E-state index is 0.360. The zero-order valence-corrected chi connectivity index (χ0v) is 14.2. The smallest absolute Gasteiger partial charge is 0.0897 e. The third-order valence-corrected chi connectivity index (χ3v) is 4.87. The number of hydrogen-bond acceptors (Lipinski definition) is 3. The highest BCUT2D eigenvalue weighted by Crippen LogP contribution is 2.21. The zero-order chi connectivity index (χ0) is 15.9. The van der Waals surface area contributed by atoms with Crippen LogP contribution in [0.4, 0.5) is 0 Å². The molecule has 3 rings (SSSR count). The average molecular weight is 322 g/mol. The summed E-state index contributed by atoms with van der Waals surface area (Å²) in [5, 5.41) is 4.83. The van der Waals surface area contributed by atoms with Gasteiger partial charge in [0.25, 0.3) is 0 Å². The van der Waals surface area contributed by atoms with Gasteiger partial charge in [0.1, 0.15) is 0 Å². The molecule has 0 spiro atoms. The summed E-state index contributed by atoms with van der Waals surface area (Å²) in [7, 11) is 0. The summed E-state index contributed by atoms with van der Waals surface area (Å²) in [4.78, 5) is 5.63. The van der Waals surface area contributed by atoms with E-state index in [4.69, 9.17) is 0 Å². The van der Waals surface area contributed by atoms with Gasteiger partial charge in [-0.15, -0.1) is 11.3 Å². The third-order valence-electron chi connectivity index (χ3n) is 3.96. The Hall–Kier alpha value is -1.97.